The van der Waals surface area contributed by atoms with Crippen LogP contribution in [-0.2, 0) is 6.54 Å². The third kappa shape index (κ3) is 3.98. The van der Waals surface area contributed by atoms with Crippen molar-refractivity contribution in [2.75, 3.05) is 50.7 Å². The fourth-order valence-corrected chi connectivity index (χ4v) is 5.31. The van der Waals surface area contributed by atoms with Gasteiger partial charge in [-0.1, -0.05) is 13.8 Å². The molecule has 0 saturated carbocycles. The lowest BCUT2D eigenvalue weighted by atomic mass is 9.99. The van der Waals surface area contributed by atoms with E-state index in [0.29, 0.717) is 0 Å². The number of fused-ring (bicyclic) bond motifs is 1. The number of piperidine rings is 1. The first-order valence-corrected chi connectivity index (χ1v) is 11.3. The Hall–Kier alpha value is -1.24. The van der Waals surface area contributed by atoms with Crippen LogP contribution in [0.3, 0.4) is 0 Å². The van der Waals surface area contributed by atoms with Gasteiger partial charge in [-0.05, 0) is 57.8 Å². The van der Waals surface area contributed by atoms with E-state index in [1.54, 1.807) is 0 Å². The number of aromatic nitrogens is 2. The molecule has 2 aliphatic rings. The lowest BCUT2D eigenvalue weighted by Crippen LogP contribution is -2.46. The summed E-state index contributed by atoms with van der Waals surface area (Å²) < 4.78 is 0. The van der Waals surface area contributed by atoms with Gasteiger partial charge in [-0.15, -0.1) is 11.3 Å². The minimum absolute atomic E-state index is 0.859. The summed E-state index contributed by atoms with van der Waals surface area (Å²) in [4.78, 5) is 20.2. The van der Waals surface area contributed by atoms with Crippen LogP contribution >= 0.6 is 11.3 Å². The highest BCUT2D eigenvalue weighted by Gasteiger charge is 2.24. The largest absolute Gasteiger partial charge is 0.353 e. The Morgan fingerprint density at radius 2 is 1.67 bits per heavy atom. The molecule has 148 valence electrons. The molecule has 0 amide bonds. The van der Waals surface area contributed by atoms with Crippen molar-refractivity contribution in [3.05, 3.63) is 16.3 Å². The molecule has 6 heteroatoms. The molecular formula is C21H33N5S. The van der Waals surface area contributed by atoms with Crippen LogP contribution < -0.4 is 4.90 Å². The Labute approximate surface area is 167 Å². The van der Waals surface area contributed by atoms with Crippen LogP contribution in [0.15, 0.2) is 0 Å². The number of aryl methyl sites for hydroxylation is 2. The van der Waals surface area contributed by atoms with Crippen LogP contribution in [-0.4, -0.2) is 65.6 Å². The monoisotopic (exact) mass is 387 g/mol. The zero-order valence-electron chi connectivity index (χ0n) is 17.3. The predicted molar refractivity (Wildman–Crippen MR) is 115 cm³/mol. The van der Waals surface area contributed by atoms with Crippen molar-refractivity contribution >= 4 is 27.4 Å². The van der Waals surface area contributed by atoms with Crippen molar-refractivity contribution in [2.45, 2.75) is 47.1 Å². The number of hydrogen-bond acceptors (Lipinski definition) is 6. The number of anilines is 1. The maximum Gasteiger partial charge on any atom is 0.146 e. The molecule has 0 aliphatic carbocycles. The molecule has 0 unspecified atom stereocenters. The number of rotatable bonds is 4. The van der Waals surface area contributed by atoms with E-state index >= 15 is 0 Å². The third-order valence-electron chi connectivity index (χ3n) is 6.42. The first-order chi connectivity index (χ1) is 13.0. The fraction of sp³-hybridized carbons (Fsp3) is 0.714. The Balaban J connectivity index is 1.64. The minimum atomic E-state index is 0.859. The maximum atomic E-state index is 5.12. The van der Waals surface area contributed by atoms with E-state index in [4.69, 9.17) is 9.97 Å². The van der Waals surface area contributed by atoms with Gasteiger partial charge in [-0.2, -0.15) is 0 Å². The van der Waals surface area contributed by atoms with Crippen LogP contribution in [0.25, 0.3) is 10.2 Å². The summed E-state index contributed by atoms with van der Waals surface area (Å²) in [6.07, 6.45) is 2.59. The van der Waals surface area contributed by atoms with E-state index in [9.17, 15) is 0 Å². The second kappa shape index (κ2) is 8.02. The molecule has 27 heavy (non-hydrogen) atoms. The number of likely N-dealkylation sites (tertiary alicyclic amines) is 1. The lowest BCUT2D eigenvalue weighted by Gasteiger charge is -2.35. The van der Waals surface area contributed by atoms with Crippen molar-refractivity contribution in [1.29, 1.82) is 0 Å². The van der Waals surface area contributed by atoms with Gasteiger partial charge in [-0.25, -0.2) is 9.97 Å². The summed E-state index contributed by atoms with van der Waals surface area (Å²) in [5, 5.41) is 1.29. The molecule has 0 N–H and O–H groups in total. The van der Waals surface area contributed by atoms with Crippen molar-refractivity contribution < 1.29 is 0 Å². The van der Waals surface area contributed by atoms with Gasteiger partial charge in [0.15, 0.2) is 0 Å². The number of nitrogens with zero attached hydrogens (tertiary/aromatic N) is 5. The third-order valence-corrected chi connectivity index (χ3v) is 7.52. The van der Waals surface area contributed by atoms with E-state index in [1.807, 2.05) is 11.3 Å². The lowest BCUT2D eigenvalue weighted by molar-refractivity contribution is 0.181. The highest BCUT2D eigenvalue weighted by molar-refractivity contribution is 7.18. The molecule has 2 aromatic rings. The molecule has 4 heterocycles. The van der Waals surface area contributed by atoms with Crippen molar-refractivity contribution in [1.82, 2.24) is 19.8 Å². The molecule has 0 aromatic carbocycles. The molecule has 2 fully saturated rings. The zero-order valence-corrected chi connectivity index (χ0v) is 18.1. The van der Waals surface area contributed by atoms with Crippen LogP contribution in [0, 0.1) is 19.8 Å². The quantitative estimate of drug-likeness (QED) is 0.800. The fourth-order valence-electron chi connectivity index (χ4n) is 4.27. The molecule has 0 bridgehead atoms. The van der Waals surface area contributed by atoms with Crippen LogP contribution in [0.2, 0.25) is 0 Å². The number of likely N-dealkylation sites (N-methyl/N-ethyl adjacent to an activating group) is 1. The van der Waals surface area contributed by atoms with Gasteiger partial charge in [0.1, 0.15) is 16.5 Å². The first kappa shape index (κ1) is 19.1. The molecule has 0 spiro atoms. The zero-order chi connectivity index (χ0) is 19.0. The molecule has 4 rings (SSSR count). The molecule has 2 saturated heterocycles. The van der Waals surface area contributed by atoms with Crippen molar-refractivity contribution in [3.63, 3.8) is 0 Å². The SMILES string of the molecule is CCN1CCN(c2nc(CN3CCC(C)CC3)nc3sc(C)c(C)c23)CC1. The van der Waals surface area contributed by atoms with Crippen LogP contribution in [0.1, 0.15) is 43.0 Å². The first-order valence-electron chi connectivity index (χ1n) is 10.5. The summed E-state index contributed by atoms with van der Waals surface area (Å²) in [7, 11) is 0. The summed E-state index contributed by atoms with van der Waals surface area (Å²) in [6, 6.07) is 0. The van der Waals surface area contributed by atoms with Gasteiger partial charge >= 0.3 is 0 Å². The minimum Gasteiger partial charge on any atom is -0.353 e. The van der Waals surface area contributed by atoms with Gasteiger partial charge in [0.05, 0.1) is 11.9 Å². The second-order valence-electron chi connectivity index (χ2n) is 8.31. The van der Waals surface area contributed by atoms with Gasteiger partial charge in [0, 0.05) is 31.1 Å². The molecule has 0 atom stereocenters. The number of piperazine rings is 1. The van der Waals surface area contributed by atoms with Crippen molar-refractivity contribution in [3.8, 4) is 0 Å². The highest BCUT2D eigenvalue weighted by atomic mass is 32.1. The van der Waals surface area contributed by atoms with Crippen molar-refractivity contribution in [2.24, 2.45) is 5.92 Å². The van der Waals surface area contributed by atoms with Gasteiger partial charge in [0.25, 0.3) is 0 Å². The second-order valence-corrected chi connectivity index (χ2v) is 9.51. The molecule has 2 aliphatic heterocycles. The topological polar surface area (TPSA) is 35.5 Å². The van der Waals surface area contributed by atoms with E-state index in [2.05, 4.69) is 42.4 Å². The van der Waals surface area contributed by atoms with Gasteiger partial charge in [0.2, 0.25) is 0 Å². The molecule has 0 radical (unpaired) electrons. The van der Waals surface area contributed by atoms with Crippen LogP contribution in [0.4, 0.5) is 5.82 Å². The molecule has 5 nitrogen and oxygen atoms in total. The Morgan fingerprint density at radius 1 is 0.963 bits per heavy atom. The standard InChI is InChI=1S/C21H33N5S/c1-5-24-10-12-26(13-11-24)20-19-16(3)17(4)27-21(19)23-18(22-20)14-25-8-6-15(2)7-9-25/h15H,5-14H2,1-4H3. The van der Waals surface area contributed by atoms with E-state index in [0.717, 1.165) is 51.0 Å². The van der Waals surface area contributed by atoms with E-state index in [-0.39, 0.29) is 0 Å². The predicted octanol–water partition coefficient (Wildman–Crippen LogP) is 3.68. The Morgan fingerprint density at radius 3 is 2.33 bits per heavy atom. The number of thiophene rings is 1. The summed E-state index contributed by atoms with van der Waals surface area (Å²) in [6.45, 7) is 17.8. The maximum absolute atomic E-state index is 5.12. The van der Waals surface area contributed by atoms with Gasteiger partial charge in [-0.3, -0.25) is 4.90 Å². The smallest absolute Gasteiger partial charge is 0.146 e. The Kier molecular flexibility index (Phi) is 5.67. The van der Waals surface area contributed by atoms with E-state index < -0.39 is 0 Å². The summed E-state index contributed by atoms with van der Waals surface area (Å²) >= 11 is 1.83. The molecule has 2 aromatic heterocycles. The average Bonchev–Trinajstić information content (AvgIpc) is 2.97. The highest BCUT2D eigenvalue weighted by Crippen LogP contribution is 2.35. The molecular weight excluding hydrogens is 354 g/mol. The average molecular weight is 388 g/mol. The van der Waals surface area contributed by atoms with Crippen LogP contribution in [0.5, 0.6) is 0 Å². The number of hydrogen-bond donors (Lipinski definition) is 0. The summed E-state index contributed by atoms with van der Waals surface area (Å²) in [5.41, 5.74) is 1.36. The van der Waals surface area contributed by atoms with Gasteiger partial charge < -0.3 is 9.80 Å². The summed E-state index contributed by atoms with van der Waals surface area (Å²) in [5.74, 6) is 3.04. The van der Waals surface area contributed by atoms with E-state index in [1.165, 1.54) is 52.4 Å². The Bertz CT molecular complexity index is 785. The normalized spacial score (nSPS) is 20.7.